The molecule has 0 spiro atoms. The summed E-state index contributed by atoms with van der Waals surface area (Å²) >= 11 is 0. The third-order valence-corrected chi connectivity index (χ3v) is 4.48. The molecule has 0 saturated carbocycles. The van der Waals surface area contributed by atoms with Crippen molar-refractivity contribution in [3.05, 3.63) is 28.8 Å². The second kappa shape index (κ2) is 5.91. The molecule has 23 heavy (non-hydrogen) atoms. The number of nitrogens with zero attached hydrogens (tertiary/aromatic N) is 1. The molecule has 0 fully saturated rings. The molecule has 0 radical (unpaired) electrons. The van der Waals surface area contributed by atoms with Gasteiger partial charge in [0.1, 0.15) is 5.75 Å². The van der Waals surface area contributed by atoms with Crippen LogP contribution >= 0.6 is 0 Å². The first-order valence-electron chi connectivity index (χ1n) is 6.52. The van der Waals surface area contributed by atoms with Crippen molar-refractivity contribution in [2.24, 2.45) is 0 Å². The molecule has 0 aromatic heterocycles. The molecule has 0 aliphatic carbocycles. The maximum atomic E-state index is 12.5. The SMILES string of the molecule is COC(=O)N1CCc2c(C)ccc(OS(=O)(=O)C(F)(F)F)c2C1. The van der Waals surface area contributed by atoms with E-state index in [1.165, 1.54) is 18.1 Å². The zero-order valence-corrected chi connectivity index (χ0v) is 13.1. The van der Waals surface area contributed by atoms with Crippen LogP contribution in [0.25, 0.3) is 0 Å². The number of ether oxygens (including phenoxy) is 1. The van der Waals surface area contributed by atoms with Crippen molar-refractivity contribution in [3.63, 3.8) is 0 Å². The summed E-state index contributed by atoms with van der Waals surface area (Å²) in [4.78, 5) is 12.8. The van der Waals surface area contributed by atoms with Crippen molar-refractivity contribution in [2.75, 3.05) is 13.7 Å². The highest BCUT2D eigenvalue weighted by Crippen LogP contribution is 2.34. The van der Waals surface area contributed by atoms with Crippen LogP contribution in [0.15, 0.2) is 12.1 Å². The zero-order valence-electron chi connectivity index (χ0n) is 12.3. The molecule has 0 saturated heterocycles. The monoisotopic (exact) mass is 353 g/mol. The first kappa shape index (κ1) is 17.4. The Bertz CT molecular complexity index is 730. The topological polar surface area (TPSA) is 72.9 Å². The van der Waals surface area contributed by atoms with Gasteiger partial charge in [-0.2, -0.15) is 21.6 Å². The Morgan fingerprint density at radius 3 is 2.48 bits per heavy atom. The Labute approximate surface area is 130 Å². The summed E-state index contributed by atoms with van der Waals surface area (Å²) in [5.41, 5.74) is -3.85. The maximum absolute atomic E-state index is 12.5. The first-order valence-corrected chi connectivity index (χ1v) is 7.92. The Morgan fingerprint density at radius 1 is 1.26 bits per heavy atom. The number of hydrogen-bond donors (Lipinski definition) is 0. The molecule has 1 aliphatic heterocycles. The lowest BCUT2D eigenvalue weighted by molar-refractivity contribution is -0.0500. The van der Waals surface area contributed by atoms with E-state index in [0.717, 1.165) is 11.6 Å². The van der Waals surface area contributed by atoms with Gasteiger partial charge in [-0.25, -0.2) is 4.79 Å². The summed E-state index contributed by atoms with van der Waals surface area (Å²) in [5.74, 6) is -0.434. The molecule has 128 valence electrons. The molecule has 10 heteroatoms. The summed E-state index contributed by atoms with van der Waals surface area (Å²) in [6.07, 6.45) is -0.290. The third-order valence-electron chi connectivity index (χ3n) is 3.52. The minimum Gasteiger partial charge on any atom is -0.453 e. The highest BCUT2D eigenvalue weighted by molar-refractivity contribution is 7.88. The molecule has 1 amide bonds. The molecule has 0 bridgehead atoms. The largest absolute Gasteiger partial charge is 0.534 e. The number of rotatable bonds is 2. The van der Waals surface area contributed by atoms with E-state index in [-0.39, 0.29) is 12.1 Å². The molecular weight excluding hydrogens is 339 g/mol. The molecule has 2 rings (SSSR count). The van der Waals surface area contributed by atoms with Crippen molar-refractivity contribution in [1.82, 2.24) is 4.90 Å². The van der Waals surface area contributed by atoms with Gasteiger partial charge in [0.2, 0.25) is 0 Å². The first-order chi connectivity index (χ1) is 10.6. The van der Waals surface area contributed by atoms with Crippen LogP contribution < -0.4 is 4.18 Å². The minimum absolute atomic E-state index is 0.0909. The van der Waals surface area contributed by atoms with Gasteiger partial charge in [0.15, 0.2) is 0 Å². The van der Waals surface area contributed by atoms with Crippen LogP contribution in [-0.2, 0) is 27.8 Å². The number of hydrogen-bond acceptors (Lipinski definition) is 5. The van der Waals surface area contributed by atoms with Gasteiger partial charge in [0.25, 0.3) is 0 Å². The number of aryl methyl sites for hydroxylation is 1. The molecule has 1 aliphatic rings. The Hall–Kier alpha value is -1.97. The summed E-state index contributed by atoms with van der Waals surface area (Å²) < 4.78 is 68.7. The lowest BCUT2D eigenvalue weighted by Gasteiger charge is -2.29. The van der Waals surface area contributed by atoms with Gasteiger partial charge in [-0.05, 0) is 30.5 Å². The Kier molecular flexibility index (Phi) is 4.47. The summed E-state index contributed by atoms with van der Waals surface area (Å²) in [5, 5.41) is 0. The molecule has 1 heterocycles. The lowest BCUT2D eigenvalue weighted by atomic mass is 9.94. The van der Waals surface area contributed by atoms with E-state index in [4.69, 9.17) is 0 Å². The van der Waals surface area contributed by atoms with Gasteiger partial charge in [0.05, 0.1) is 13.7 Å². The van der Waals surface area contributed by atoms with E-state index in [9.17, 15) is 26.4 Å². The fourth-order valence-corrected chi connectivity index (χ4v) is 2.84. The summed E-state index contributed by atoms with van der Waals surface area (Å²) in [6.45, 7) is 1.97. The Balaban J connectivity index is 2.43. The predicted octanol–water partition coefficient (Wildman–Crippen LogP) is 2.35. The quantitative estimate of drug-likeness (QED) is 0.603. The number of alkyl halides is 3. The summed E-state index contributed by atoms with van der Waals surface area (Å²) in [7, 11) is -4.59. The number of benzene rings is 1. The van der Waals surface area contributed by atoms with Gasteiger partial charge in [-0.15, -0.1) is 0 Å². The van der Waals surface area contributed by atoms with E-state index in [0.29, 0.717) is 18.5 Å². The van der Waals surface area contributed by atoms with Crippen molar-refractivity contribution in [2.45, 2.75) is 25.4 Å². The van der Waals surface area contributed by atoms with Crippen molar-refractivity contribution in [3.8, 4) is 5.75 Å². The second-order valence-corrected chi connectivity index (χ2v) is 6.50. The van der Waals surface area contributed by atoms with Gasteiger partial charge >= 0.3 is 21.7 Å². The van der Waals surface area contributed by atoms with Crippen LogP contribution in [0.5, 0.6) is 5.75 Å². The van der Waals surface area contributed by atoms with Crippen molar-refractivity contribution < 1.29 is 35.3 Å². The Morgan fingerprint density at radius 2 is 1.91 bits per heavy atom. The van der Waals surface area contributed by atoms with Crippen LogP contribution in [0.4, 0.5) is 18.0 Å². The number of carbonyl (C=O) groups is 1. The van der Waals surface area contributed by atoms with Crippen LogP contribution in [0, 0.1) is 6.92 Å². The normalized spacial score (nSPS) is 15.1. The maximum Gasteiger partial charge on any atom is 0.534 e. The van der Waals surface area contributed by atoms with Gasteiger partial charge in [-0.1, -0.05) is 6.07 Å². The van der Waals surface area contributed by atoms with E-state index in [2.05, 4.69) is 8.92 Å². The number of amides is 1. The van der Waals surface area contributed by atoms with Crippen LogP contribution in [0.2, 0.25) is 0 Å². The zero-order chi connectivity index (χ0) is 17.4. The molecule has 0 atom stereocenters. The van der Waals surface area contributed by atoms with Gasteiger partial charge in [0, 0.05) is 12.1 Å². The van der Waals surface area contributed by atoms with E-state index >= 15 is 0 Å². The average molecular weight is 353 g/mol. The molecule has 6 nitrogen and oxygen atoms in total. The standard InChI is InChI=1S/C13H14F3NO5S/c1-8-3-4-11(22-23(19,20)13(14,15)16)10-7-17(12(18)21-2)6-5-9(8)10/h3-4H,5-7H2,1-2H3. The predicted molar refractivity (Wildman–Crippen MR) is 73.3 cm³/mol. The fraction of sp³-hybridized carbons (Fsp3) is 0.462. The van der Waals surface area contributed by atoms with Gasteiger partial charge in [-0.3, -0.25) is 0 Å². The van der Waals surface area contributed by atoms with Gasteiger partial charge < -0.3 is 13.8 Å². The van der Waals surface area contributed by atoms with E-state index in [1.807, 2.05) is 0 Å². The number of carbonyl (C=O) groups excluding carboxylic acids is 1. The molecule has 1 aromatic rings. The summed E-state index contributed by atoms with van der Waals surface area (Å²) in [6, 6.07) is 2.63. The third kappa shape index (κ3) is 3.36. The highest BCUT2D eigenvalue weighted by atomic mass is 32.2. The van der Waals surface area contributed by atoms with E-state index in [1.54, 1.807) is 6.92 Å². The van der Waals surface area contributed by atoms with Crippen LogP contribution in [0.3, 0.4) is 0 Å². The number of halogens is 3. The minimum atomic E-state index is -5.78. The highest BCUT2D eigenvalue weighted by Gasteiger charge is 2.49. The van der Waals surface area contributed by atoms with Crippen molar-refractivity contribution >= 4 is 16.2 Å². The van der Waals surface area contributed by atoms with Crippen LogP contribution in [-0.4, -0.2) is 38.6 Å². The fourth-order valence-electron chi connectivity index (χ4n) is 2.36. The molecule has 1 aromatic carbocycles. The molecular formula is C13H14F3NO5S. The van der Waals surface area contributed by atoms with Crippen LogP contribution in [0.1, 0.15) is 16.7 Å². The van der Waals surface area contributed by atoms with Crippen molar-refractivity contribution in [1.29, 1.82) is 0 Å². The average Bonchev–Trinajstić information content (AvgIpc) is 2.47. The smallest absolute Gasteiger partial charge is 0.453 e. The van der Waals surface area contributed by atoms with E-state index < -0.39 is 27.5 Å². The number of methoxy groups -OCH3 is 1. The second-order valence-electron chi connectivity index (χ2n) is 4.96. The molecule has 0 N–H and O–H groups in total. The lowest BCUT2D eigenvalue weighted by Crippen LogP contribution is -2.37. The number of fused-ring (bicyclic) bond motifs is 1. The molecule has 0 unspecified atom stereocenters.